The van der Waals surface area contributed by atoms with Crippen LogP contribution < -0.4 is 10.1 Å². The fourth-order valence-electron chi connectivity index (χ4n) is 2.84. The summed E-state index contributed by atoms with van der Waals surface area (Å²) in [4.78, 5) is 4.15. The highest BCUT2D eigenvalue weighted by Crippen LogP contribution is 2.19. The highest BCUT2D eigenvalue weighted by molar-refractivity contribution is 5.84. The second kappa shape index (κ2) is 7.70. The number of nitrogens with zero attached hydrogens (tertiary/aromatic N) is 1. The first-order valence-electron chi connectivity index (χ1n) is 8.70. The summed E-state index contributed by atoms with van der Waals surface area (Å²) in [7, 11) is 0. The molecule has 128 valence electrons. The van der Waals surface area contributed by atoms with Crippen molar-refractivity contribution in [2.75, 3.05) is 5.32 Å². The summed E-state index contributed by atoms with van der Waals surface area (Å²) in [6.07, 6.45) is 3.70. The van der Waals surface area contributed by atoms with Gasteiger partial charge in [0.1, 0.15) is 12.4 Å². The summed E-state index contributed by atoms with van der Waals surface area (Å²) in [5.74, 6) is 0.885. The maximum Gasteiger partial charge on any atom is 0.119 e. The lowest BCUT2D eigenvalue weighted by molar-refractivity contribution is 0.306. The largest absolute Gasteiger partial charge is 0.489 e. The van der Waals surface area contributed by atoms with Crippen molar-refractivity contribution in [3.05, 3.63) is 102 Å². The maximum absolute atomic E-state index is 5.83. The molecule has 0 atom stereocenters. The SMILES string of the molecule is c1ccc(COc2ccc(CNc3ccc4cnccc4c3)cc2)cc1. The number of aromatic nitrogens is 1. The Kier molecular flexibility index (Phi) is 4.79. The average molecular weight is 340 g/mol. The highest BCUT2D eigenvalue weighted by atomic mass is 16.5. The minimum Gasteiger partial charge on any atom is -0.489 e. The zero-order chi connectivity index (χ0) is 17.6. The molecule has 0 aliphatic rings. The summed E-state index contributed by atoms with van der Waals surface area (Å²) >= 11 is 0. The Morgan fingerprint density at radius 1 is 0.769 bits per heavy atom. The van der Waals surface area contributed by atoms with E-state index in [1.54, 1.807) is 0 Å². The number of fused-ring (bicyclic) bond motifs is 1. The Balaban J connectivity index is 1.34. The minimum atomic E-state index is 0.588. The van der Waals surface area contributed by atoms with Crippen molar-refractivity contribution in [2.45, 2.75) is 13.2 Å². The van der Waals surface area contributed by atoms with Crippen LogP contribution in [0.25, 0.3) is 10.8 Å². The van der Waals surface area contributed by atoms with E-state index in [2.05, 4.69) is 52.8 Å². The van der Waals surface area contributed by atoms with Crippen LogP contribution in [-0.2, 0) is 13.2 Å². The maximum atomic E-state index is 5.83. The van der Waals surface area contributed by atoms with Gasteiger partial charge in [0, 0.05) is 30.0 Å². The molecule has 0 unspecified atom stereocenters. The van der Waals surface area contributed by atoms with E-state index in [0.29, 0.717) is 6.61 Å². The number of benzene rings is 3. The number of hydrogen-bond acceptors (Lipinski definition) is 3. The number of ether oxygens (including phenoxy) is 1. The third-order valence-corrected chi connectivity index (χ3v) is 4.31. The van der Waals surface area contributed by atoms with Gasteiger partial charge in [-0.2, -0.15) is 0 Å². The Bertz CT molecular complexity index is 982. The molecule has 1 aromatic heterocycles. The van der Waals surface area contributed by atoms with Gasteiger partial charge in [-0.3, -0.25) is 4.98 Å². The molecule has 0 spiro atoms. The van der Waals surface area contributed by atoms with Crippen molar-refractivity contribution in [2.24, 2.45) is 0 Å². The first-order chi connectivity index (χ1) is 12.9. The number of nitrogens with one attached hydrogen (secondary N) is 1. The van der Waals surface area contributed by atoms with Crippen molar-refractivity contribution in [1.29, 1.82) is 0 Å². The van der Waals surface area contributed by atoms with E-state index in [1.807, 2.05) is 48.8 Å². The molecule has 0 bridgehead atoms. The number of rotatable bonds is 6. The Hall–Kier alpha value is -3.33. The second-order valence-corrected chi connectivity index (χ2v) is 6.21. The van der Waals surface area contributed by atoms with Crippen molar-refractivity contribution in [1.82, 2.24) is 4.98 Å². The molecule has 3 heteroatoms. The predicted octanol–water partition coefficient (Wildman–Crippen LogP) is 5.43. The van der Waals surface area contributed by atoms with Crippen LogP contribution in [0, 0.1) is 0 Å². The van der Waals surface area contributed by atoms with Gasteiger partial charge in [-0.25, -0.2) is 0 Å². The quantitative estimate of drug-likeness (QED) is 0.508. The molecular weight excluding hydrogens is 320 g/mol. The van der Waals surface area contributed by atoms with E-state index in [-0.39, 0.29) is 0 Å². The third-order valence-electron chi connectivity index (χ3n) is 4.31. The topological polar surface area (TPSA) is 34.1 Å². The van der Waals surface area contributed by atoms with E-state index in [4.69, 9.17) is 4.74 Å². The lowest BCUT2D eigenvalue weighted by Crippen LogP contribution is -2.00. The standard InChI is InChI=1S/C23H20N2O/c1-2-4-19(5-3-1)17-26-23-10-6-18(7-11-23)15-25-22-9-8-21-16-24-13-12-20(21)14-22/h1-14,16,25H,15,17H2. The second-order valence-electron chi connectivity index (χ2n) is 6.21. The van der Waals surface area contributed by atoms with Gasteiger partial charge in [0.15, 0.2) is 0 Å². The Labute approximate surface area is 153 Å². The Morgan fingerprint density at radius 3 is 2.46 bits per heavy atom. The molecule has 3 aromatic carbocycles. The third kappa shape index (κ3) is 4.01. The van der Waals surface area contributed by atoms with Gasteiger partial charge in [-0.05, 0) is 46.8 Å². The lowest BCUT2D eigenvalue weighted by atomic mass is 10.1. The molecule has 0 aliphatic carbocycles. The van der Waals surface area contributed by atoms with Crippen molar-refractivity contribution >= 4 is 16.5 Å². The van der Waals surface area contributed by atoms with Crippen LogP contribution in [0.15, 0.2) is 91.3 Å². The molecule has 0 amide bonds. The van der Waals surface area contributed by atoms with E-state index in [0.717, 1.165) is 23.4 Å². The van der Waals surface area contributed by atoms with Crippen LogP contribution in [0.2, 0.25) is 0 Å². The monoisotopic (exact) mass is 340 g/mol. The number of hydrogen-bond donors (Lipinski definition) is 1. The molecule has 0 saturated carbocycles. The van der Waals surface area contributed by atoms with Crippen LogP contribution in [-0.4, -0.2) is 4.98 Å². The van der Waals surface area contributed by atoms with Crippen molar-refractivity contribution < 1.29 is 4.74 Å². The molecule has 26 heavy (non-hydrogen) atoms. The first kappa shape index (κ1) is 16.2. The van der Waals surface area contributed by atoms with Gasteiger partial charge in [0.25, 0.3) is 0 Å². The van der Waals surface area contributed by atoms with Gasteiger partial charge < -0.3 is 10.1 Å². The zero-order valence-corrected chi connectivity index (χ0v) is 14.4. The van der Waals surface area contributed by atoms with Gasteiger partial charge in [-0.15, -0.1) is 0 Å². The molecule has 0 aliphatic heterocycles. The average Bonchev–Trinajstić information content (AvgIpc) is 2.72. The summed E-state index contributed by atoms with van der Waals surface area (Å²) in [5.41, 5.74) is 3.49. The van der Waals surface area contributed by atoms with E-state index in [9.17, 15) is 0 Å². The molecule has 1 heterocycles. The van der Waals surface area contributed by atoms with Crippen LogP contribution in [0.3, 0.4) is 0 Å². The molecule has 4 aromatic rings. The smallest absolute Gasteiger partial charge is 0.119 e. The Morgan fingerprint density at radius 2 is 1.62 bits per heavy atom. The summed E-state index contributed by atoms with van der Waals surface area (Å²) in [5, 5.41) is 5.81. The molecular formula is C23H20N2O. The van der Waals surface area contributed by atoms with Gasteiger partial charge in [0.2, 0.25) is 0 Å². The fraction of sp³-hybridized carbons (Fsp3) is 0.0870. The number of anilines is 1. The van der Waals surface area contributed by atoms with Gasteiger partial charge in [0.05, 0.1) is 0 Å². The van der Waals surface area contributed by atoms with E-state index in [1.165, 1.54) is 16.5 Å². The summed E-state index contributed by atoms with van der Waals surface area (Å²) < 4.78 is 5.83. The van der Waals surface area contributed by atoms with Crippen molar-refractivity contribution in [3.8, 4) is 5.75 Å². The minimum absolute atomic E-state index is 0.588. The van der Waals surface area contributed by atoms with Crippen molar-refractivity contribution in [3.63, 3.8) is 0 Å². The van der Waals surface area contributed by atoms with E-state index < -0.39 is 0 Å². The first-order valence-corrected chi connectivity index (χ1v) is 8.70. The lowest BCUT2D eigenvalue weighted by Gasteiger charge is -2.10. The normalized spacial score (nSPS) is 10.6. The van der Waals surface area contributed by atoms with Gasteiger partial charge in [-0.1, -0.05) is 48.5 Å². The predicted molar refractivity (Wildman–Crippen MR) is 106 cm³/mol. The molecule has 0 saturated heterocycles. The molecule has 4 rings (SSSR count). The summed E-state index contributed by atoms with van der Waals surface area (Å²) in [6, 6.07) is 26.8. The van der Waals surface area contributed by atoms with Gasteiger partial charge >= 0.3 is 0 Å². The van der Waals surface area contributed by atoms with Crippen LogP contribution in [0.1, 0.15) is 11.1 Å². The fourth-order valence-corrected chi connectivity index (χ4v) is 2.84. The zero-order valence-electron chi connectivity index (χ0n) is 14.4. The van der Waals surface area contributed by atoms with Crippen LogP contribution in [0.4, 0.5) is 5.69 Å². The number of pyridine rings is 1. The molecule has 0 radical (unpaired) electrons. The van der Waals surface area contributed by atoms with E-state index >= 15 is 0 Å². The van der Waals surface area contributed by atoms with Crippen LogP contribution >= 0.6 is 0 Å². The highest BCUT2D eigenvalue weighted by Gasteiger charge is 1.99. The molecule has 0 fully saturated rings. The molecule has 1 N–H and O–H groups in total. The summed E-state index contributed by atoms with van der Waals surface area (Å²) in [6.45, 7) is 1.36. The molecule has 3 nitrogen and oxygen atoms in total. The van der Waals surface area contributed by atoms with Crippen LogP contribution in [0.5, 0.6) is 5.75 Å².